The van der Waals surface area contributed by atoms with Gasteiger partial charge in [0.15, 0.2) is 0 Å². The number of methoxy groups -OCH3 is 1. The van der Waals surface area contributed by atoms with Crippen LogP contribution >= 0.6 is 23.7 Å². The van der Waals surface area contributed by atoms with Gasteiger partial charge in [0.1, 0.15) is 6.10 Å². The second-order valence-corrected chi connectivity index (χ2v) is 4.68. The molecule has 4 nitrogen and oxygen atoms in total. The molecule has 0 saturated heterocycles. The predicted molar refractivity (Wildman–Crippen MR) is 72.6 cm³/mol. The Kier molecular flexibility index (Phi) is 7.38. The Morgan fingerprint density at radius 2 is 2.29 bits per heavy atom. The standard InChI is InChI=1S/C11H18N2O2S.ClH/c1-8-4-5-16-10(8)7-13(2)11(14)9(6-12)15-3;/h4-5,9H,6-7,12H2,1-3H3;1H. The summed E-state index contributed by atoms with van der Waals surface area (Å²) >= 11 is 1.66. The molecule has 1 amide bonds. The molecule has 17 heavy (non-hydrogen) atoms. The molecule has 1 atom stereocenters. The zero-order valence-electron chi connectivity index (χ0n) is 10.3. The first-order valence-corrected chi connectivity index (χ1v) is 5.99. The molecule has 0 aliphatic carbocycles. The number of nitrogens with two attached hydrogens (primary N) is 1. The summed E-state index contributed by atoms with van der Waals surface area (Å²) in [6, 6.07) is 2.05. The molecule has 98 valence electrons. The Morgan fingerprint density at radius 1 is 1.65 bits per heavy atom. The number of hydrogen-bond acceptors (Lipinski definition) is 4. The quantitative estimate of drug-likeness (QED) is 0.886. The van der Waals surface area contributed by atoms with Gasteiger partial charge in [0.25, 0.3) is 5.91 Å². The number of hydrogen-bond donors (Lipinski definition) is 1. The number of ether oxygens (including phenoxy) is 1. The minimum atomic E-state index is -0.537. The van der Waals surface area contributed by atoms with Gasteiger partial charge in [-0.05, 0) is 23.9 Å². The Bertz CT molecular complexity index is 353. The Balaban J connectivity index is 0.00000256. The van der Waals surface area contributed by atoms with Gasteiger partial charge in [0.05, 0.1) is 6.54 Å². The molecule has 1 rings (SSSR count). The highest BCUT2D eigenvalue weighted by molar-refractivity contribution is 7.10. The zero-order valence-corrected chi connectivity index (χ0v) is 11.9. The maximum absolute atomic E-state index is 11.9. The monoisotopic (exact) mass is 278 g/mol. The third-order valence-corrected chi connectivity index (χ3v) is 3.51. The van der Waals surface area contributed by atoms with Crippen molar-refractivity contribution >= 4 is 29.7 Å². The van der Waals surface area contributed by atoms with Gasteiger partial charge in [0.2, 0.25) is 0 Å². The third-order valence-electron chi connectivity index (χ3n) is 2.50. The van der Waals surface area contributed by atoms with Gasteiger partial charge in [-0.3, -0.25) is 4.79 Å². The number of halogens is 1. The lowest BCUT2D eigenvalue weighted by molar-refractivity contribution is -0.140. The molecule has 0 radical (unpaired) electrons. The fraction of sp³-hybridized carbons (Fsp3) is 0.545. The molecule has 0 spiro atoms. The molecular weight excluding hydrogens is 260 g/mol. The van der Waals surface area contributed by atoms with Crippen LogP contribution in [0.15, 0.2) is 11.4 Å². The Labute approximate surface area is 112 Å². The van der Waals surface area contributed by atoms with E-state index in [0.717, 1.165) is 0 Å². The van der Waals surface area contributed by atoms with Gasteiger partial charge < -0.3 is 15.4 Å². The van der Waals surface area contributed by atoms with Crippen molar-refractivity contribution in [3.63, 3.8) is 0 Å². The van der Waals surface area contributed by atoms with Gasteiger partial charge in [-0.1, -0.05) is 0 Å². The Hall–Kier alpha value is -0.620. The summed E-state index contributed by atoms with van der Waals surface area (Å²) < 4.78 is 5.02. The van der Waals surface area contributed by atoms with Crippen LogP contribution in [-0.4, -0.2) is 37.6 Å². The van der Waals surface area contributed by atoms with Crippen molar-refractivity contribution in [3.8, 4) is 0 Å². The summed E-state index contributed by atoms with van der Waals surface area (Å²) in [5, 5.41) is 2.03. The SMILES string of the molecule is COC(CN)C(=O)N(C)Cc1sccc1C.Cl. The molecular formula is C11H19ClN2O2S. The number of carbonyl (C=O) groups excluding carboxylic acids is 1. The largest absolute Gasteiger partial charge is 0.370 e. The molecule has 0 aliphatic rings. The smallest absolute Gasteiger partial charge is 0.253 e. The van der Waals surface area contributed by atoms with E-state index >= 15 is 0 Å². The van der Waals surface area contributed by atoms with Crippen molar-refractivity contribution in [1.82, 2.24) is 4.90 Å². The molecule has 6 heteroatoms. The van der Waals surface area contributed by atoms with Crippen molar-refractivity contribution in [2.75, 3.05) is 20.7 Å². The molecule has 1 aromatic rings. The van der Waals surface area contributed by atoms with Crippen molar-refractivity contribution < 1.29 is 9.53 Å². The van der Waals surface area contributed by atoms with Crippen LogP contribution in [0.1, 0.15) is 10.4 Å². The molecule has 0 bridgehead atoms. The molecule has 0 aliphatic heterocycles. The predicted octanol–water partition coefficient (Wildman–Crippen LogP) is 1.41. The van der Waals surface area contributed by atoms with Crippen LogP contribution in [0.2, 0.25) is 0 Å². The lowest BCUT2D eigenvalue weighted by atomic mass is 10.2. The summed E-state index contributed by atoms with van der Waals surface area (Å²) in [5.41, 5.74) is 6.67. The molecule has 1 unspecified atom stereocenters. The van der Waals surface area contributed by atoms with Crippen LogP contribution in [0.4, 0.5) is 0 Å². The number of rotatable bonds is 5. The van der Waals surface area contributed by atoms with E-state index in [1.807, 2.05) is 12.3 Å². The van der Waals surface area contributed by atoms with E-state index in [1.165, 1.54) is 17.6 Å². The highest BCUT2D eigenvalue weighted by Gasteiger charge is 2.20. The first-order chi connectivity index (χ1) is 7.60. The van der Waals surface area contributed by atoms with Crippen molar-refractivity contribution in [2.45, 2.75) is 19.6 Å². The number of thiophene rings is 1. The van der Waals surface area contributed by atoms with Crippen LogP contribution in [0.3, 0.4) is 0 Å². The summed E-state index contributed by atoms with van der Waals surface area (Å²) in [6.45, 7) is 2.87. The fourth-order valence-electron chi connectivity index (χ4n) is 1.40. The first-order valence-electron chi connectivity index (χ1n) is 5.11. The van der Waals surface area contributed by atoms with Crippen LogP contribution in [0.5, 0.6) is 0 Å². The molecule has 1 heterocycles. The van der Waals surface area contributed by atoms with Crippen molar-refractivity contribution in [1.29, 1.82) is 0 Å². The van der Waals surface area contributed by atoms with Crippen molar-refractivity contribution in [2.24, 2.45) is 5.73 Å². The lowest BCUT2D eigenvalue weighted by Gasteiger charge is -2.21. The highest BCUT2D eigenvalue weighted by Crippen LogP contribution is 2.17. The first kappa shape index (κ1) is 16.4. The second kappa shape index (κ2) is 7.66. The molecule has 0 saturated carbocycles. The van der Waals surface area contributed by atoms with Gasteiger partial charge in [0, 0.05) is 25.6 Å². The molecule has 0 fully saturated rings. The Morgan fingerprint density at radius 3 is 2.71 bits per heavy atom. The minimum absolute atomic E-state index is 0. The molecule has 0 aromatic carbocycles. The molecule has 2 N–H and O–H groups in total. The van der Waals surface area contributed by atoms with Gasteiger partial charge in [-0.15, -0.1) is 23.7 Å². The fourth-order valence-corrected chi connectivity index (χ4v) is 2.36. The lowest BCUT2D eigenvalue weighted by Crippen LogP contribution is -2.41. The normalized spacial score (nSPS) is 11.8. The topological polar surface area (TPSA) is 55.6 Å². The van der Waals surface area contributed by atoms with Gasteiger partial charge in [-0.25, -0.2) is 0 Å². The molecule has 1 aromatic heterocycles. The maximum Gasteiger partial charge on any atom is 0.253 e. The second-order valence-electron chi connectivity index (χ2n) is 3.68. The van der Waals surface area contributed by atoms with E-state index in [9.17, 15) is 4.79 Å². The van der Waals surface area contributed by atoms with Crippen LogP contribution in [-0.2, 0) is 16.1 Å². The van der Waals surface area contributed by atoms with Crippen LogP contribution in [0, 0.1) is 6.92 Å². The summed E-state index contributed by atoms with van der Waals surface area (Å²) in [5.74, 6) is -0.0715. The van der Waals surface area contributed by atoms with Gasteiger partial charge in [-0.2, -0.15) is 0 Å². The summed E-state index contributed by atoms with van der Waals surface area (Å²) in [7, 11) is 3.27. The number of aryl methyl sites for hydroxylation is 1. The van der Waals surface area contributed by atoms with Crippen LogP contribution < -0.4 is 5.73 Å². The van der Waals surface area contributed by atoms with E-state index in [4.69, 9.17) is 10.5 Å². The van der Waals surface area contributed by atoms with Crippen molar-refractivity contribution in [3.05, 3.63) is 21.9 Å². The summed E-state index contributed by atoms with van der Waals surface area (Å²) in [4.78, 5) is 14.7. The number of amides is 1. The zero-order chi connectivity index (χ0) is 12.1. The maximum atomic E-state index is 11.9. The average Bonchev–Trinajstić information content (AvgIpc) is 2.66. The summed E-state index contributed by atoms with van der Waals surface area (Å²) in [6.07, 6.45) is -0.537. The van der Waals surface area contributed by atoms with E-state index in [1.54, 1.807) is 23.3 Å². The van der Waals surface area contributed by atoms with E-state index in [0.29, 0.717) is 6.54 Å². The van der Waals surface area contributed by atoms with E-state index in [2.05, 4.69) is 6.07 Å². The number of nitrogens with zero attached hydrogens (tertiary/aromatic N) is 1. The van der Waals surface area contributed by atoms with E-state index < -0.39 is 6.10 Å². The van der Waals surface area contributed by atoms with Crippen LogP contribution in [0.25, 0.3) is 0 Å². The van der Waals surface area contributed by atoms with Gasteiger partial charge >= 0.3 is 0 Å². The minimum Gasteiger partial charge on any atom is -0.370 e. The number of carbonyl (C=O) groups is 1. The number of likely N-dealkylation sites (N-methyl/N-ethyl adjacent to an activating group) is 1. The average molecular weight is 279 g/mol. The highest BCUT2D eigenvalue weighted by atomic mass is 35.5. The third kappa shape index (κ3) is 4.27. The van der Waals surface area contributed by atoms with E-state index in [-0.39, 0.29) is 24.9 Å².